The van der Waals surface area contributed by atoms with Crippen LogP contribution in [0.15, 0.2) is 78.0 Å². The summed E-state index contributed by atoms with van der Waals surface area (Å²) >= 11 is 0. The Morgan fingerprint density at radius 2 is 1.65 bits per heavy atom. The highest BCUT2D eigenvalue weighted by atomic mass is 16.6. The zero-order chi connectivity index (χ0) is 22.1. The molecular weight excluding hydrogens is 394 g/mol. The Morgan fingerprint density at radius 1 is 0.935 bits per heavy atom. The third-order valence-corrected chi connectivity index (χ3v) is 4.34. The number of carbonyl (C=O) groups is 2. The second kappa shape index (κ2) is 10.6. The first kappa shape index (κ1) is 21.6. The highest BCUT2D eigenvalue weighted by Crippen LogP contribution is 2.23. The van der Waals surface area contributed by atoms with E-state index in [1.807, 2.05) is 43.3 Å². The molecule has 31 heavy (non-hydrogen) atoms. The number of oxime groups is 1. The highest BCUT2D eigenvalue weighted by molar-refractivity contribution is 6.05. The maximum Gasteiger partial charge on any atom is 0.265 e. The zero-order valence-corrected chi connectivity index (χ0v) is 17.3. The molecule has 0 spiro atoms. The maximum atomic E-state index is 12.4. The van der Waals surface area contributed by atoms with Crippen LogP contribution >= 0.6 is 0 Å². The Balaban J connectivity index is 1.48. The van der Waals surface area contributed by atoms with Gasteiger partial charge in [0, 0.05) is 11.3 Å². The molecule has 3 aromatic carbocycles. The number of ether oxygens (including phenoxy) is 1. The first-order chi connectivity index (χ1) is 15.0. The van der Waals surface area contributed by atoms with E-state index in [2.05, 4.69) is 15.8 Å². The highest BCUT2D eigenvalue weighted by Gasteiger charge is 2.10. The number of rotatable bonds is 8. The molecule has 0 radical (unpaired) electrons. The molecule has 0 aliphatic rings. The summed E-state index contributed by atoms with van der Waals surface area (Å²) in [6.45, 7) is 1.78. The number of nitrogens with zero attached hydrogens (tertiary/aromatic N) is 1. The van der Waals surface area contributed by atoms with Crippen LogP contribution in [0.2, 0.25) is 0 Å². The van der Waals surface area contributed by atoms with Gasteiger partial charge in [0.2, 0.25) is 0 Å². The molecule has 2 amide bonds. The average molecular weight is 417 g/mol. The lowest BCUT2D eigenvalue weighted by Crippen LogP contribution is -2.17. The van der Waals surface area contributed by atoms with Crippen molar-refractivity contribution in [3.8, 4) is 5.75 Å². The largest absolute Gasteiger partial charge is 0.495 e. The normalized spacial score (nSPS) is 10.5. The summed E-state index contributed by atoms with van der Waals surface area (Å²) in [6, 6.07) is 21.4. The summed E-state index contributed by atoms with van der Waals surface area (Å²) < 4.78 is 5.23. The molecule has 2 N–H and O–H groups in total. The first-order valence-corrected chi connectivity index (χ1v) is 9.61. The molecule has 0 aromatic heterocycles. The van der Waals surface area contributed by atoms with Crippen molar-refractivity contribution in [2.75, 3.05) is 24.4 Å². The van der Waals surface area contributed by atoms with Crippen LogP contribution in [0.3, 0.4) is 0 Å². The summed E-state index contributed by atoms with van der Waals surface area (Å²) in [5.41, 5.74) is 3.61. The predicted molar refractivity (Wildman–Crippen MR) is 121 cm³/mol. The SMILES string of the molecule is COc1ccccc1NC(=O)c1ccc(NC(=O)CO/N=C\c2ccc(C)cc2)cc1. The van der Waals surface area contributed by atoms with Crippen LogP contribution in [0, 0.1) is 6.92 Å². The second-order valence-corrected chi connectivity index (χ2v) is 6.70. The van der Waals surface area contributed by atoms with Gasteiger partial charge in [-0.1, -0.05) is 47.1 Å². The van der Waals surface area contributed by atoms with E-state index in [0.29, 0.717) is 22.7 Å². The van der Waals surface area contributed by atoms with Gasteiger partial charge >= 0.3 is 0 Å². The minimum atomic E-state index is -0.354. The lowest BCUT2D eigenvalue weighted by molar-refractivity contribution is -0.120. The third kappa shape index (κ3) is 6.43. The molecule has 0 saturated carbocycles. The van der Waals surface area contributed by atoms with Gasteiger partial charge in [0.05, 0.1) is 19.0 Å². The molecule has 0 saturated heterocycles. The van der Waals surface area contributed by atoms with Crippen LogP contribution in [0.1, 0.15) is 21.5 Å². The van der Waals surface area contributed by atoms with Gasteiger partial charge in [-0.2, -0.15) is 0 Å². The first-order valence-electron chi connectivity index (χ1n) is 9.61. The van der Waals surface area contributed by atoms with E-state index in [0.717, 1.165) is 11.1 Å². The van der Waals surface area contributed by atoms with Gasteiger partial charge in [-0.25, -0.2) is 0 Å². The quantitative estimate of drug-likeness (QED) is 0.424. The van der Waals surface area contributed by atoms with E-state index in [9.17, 15) is 9.59 Å². The van der Waals surface area contributed by atoms with E-state index >= 15 is 0 Å². The molecule has 0 heterocycles. The van der Waals surface area contributed by atoms with Crippen LogP contribution in [0.25, 0.3) is 0 Å². The smallest absolute Gasteiger partial charge is 0.265 e. The molecular formula is C24H23N3O4. The van der Waals surface area contributed by atoms with Crippen molar-refractivity contribution in [2.24, 2.45) is 5.16 Å². The Morgan fingerprint density at radius 3 is 2.35 bits per heavy atom. The number of nitrogens with one attached hydrogen (secondary N) is 2. The molecule has 3 rings (SSSR count). The molecule has 0 atom stereocenters. The Kier molecular flexibility index (Phi) is 7.37. The van der Waals surface area contributed by atoms with Crippen LogP contribution in [-0.4, -0.2) is 31.7 Å². The monoisotopic (exact) mass is 417 g/mol. The van der Waals surface area contributed by atoms with Gasteiger partial charge in [0.1, 0.15) is 5.75 Å². The molecule has 7 heteroatoms. The van der Waals surface area contributed by atoms with Crippen molar-refractivity contribution in [3.63, 3.8) is 0 Å². The molecule has 0 unspecified atom stereocenters. The van der Waals surface area contributed by atoms with Gasteiger partial charge in [-0.15, -0.1) is 0 Å². The molecule has 0 fully saturated rings. The van der Waals surface area contributed by atoms with Gasteiger partial charge < -0.3 is 20.2 Å². The molecule has 0 aliphatic carbocycles. The van der Waals surface area contributed by atoms with Crippen LogP contribution in [-0.2, 0) is 9.63 Å². The number of benzene rings is 3. The number of amides is 2. The standard InChI is InChI=1S/C24H23N3O4/c1-17-7-9-18(10-8-17)15-25-31-16-23(28)26-20-13-11-19(12-14-20)24(29)27-21-5-3-4-6-22(21)30-2/h3-15H,16H2,1-2H3,(H,26,28)(H,27,29)/b25-15-. The summed E-state index contributed by atoms with van der Waals surface area (Å²) in [5, 5.41) is 9.29. The van der Waals surface area contributed by atoms with Crippen molar-refractivity contribution in [1.82, 2.24) is 0 Å². The number of hydrogen-bond donors (Lipinski definition) is 2. The van der Waals surface area contributed by atoms with Crippen molar-refractivity contribution >= 4 is 29.4 Å². The number of hydrogen-bond acceptors (Lipinski definition) is 5. The zero-order valence-electron chi connectivity index (χ0n) is 17.3. The van der Waals surface area contributed by atoms with E-state index in [4.69, 9.17) is 9.57 Å². The topological polar surface area (TPSA) is 89.0 Å². The molecule has 3 aromatic rings. The van der Waals surface area contributed by atoms with E-state index < -0.39 is 0 Å². The fourth-order valence-corrected chi connectivity index (χ4v) is 2.69. The number of methoxy groups -OCH3 is 1. The predicted octanol–water partition coefficient (Wildman–Crippen LogP) is 4.25. The van der Waals surface area contributed by atoms with Gasteiger partial charge in [-0.3, -0.25) is 9.59 Å². The fraction of sp³-hybridized carbons (Fsp3) is 0.125. The van der Waals surface area contributed by atoms with Crippen molar-refractivity contribution in [3.05, 3.63) is 89.5 Å². The van der Waals surface area contributed by atoms with Crippen molar-refractivity contribution in [1.29, 1.82) is 0 Å². The number of anilines is 2. The van der Waals surface area contributed by atoms with Crippen molar-refractivity contribution in [2.45, 2.75) is 6.92 Å². The molecule has 0 bridgehead atoms. The minimum absolute atomic E-state index is 0.224. The van der Waals surface area contributed by atoms with E-state index in [-0.39, 0.29) is 18.4 Å². The van der Waals surface area contributed by atoms with Crippen LogP contribution in [0.5, 0.6) is 5.75 Å². The summed E-state index contributed by atoms with van der Waals surface area (Å²) in [6.07, 6.45) is 1.54. The Labute approximate surface area is 180 Å². The van der Waals surface area contributed by atoms with Gasteiger partial charge in [0.15, 0.2) is 6.61 Å². The number of aryl methyl sites for hydroxylation is 1. The minimum Gasteiger partial charge on any atom is -0.495 e. The van der Waals surface area contributed by atoms with Crippen molar-refractivity contribution < 1.29 is 19.2 Å². The number of carbonyl (C=O) groups excluding carboxylic acids is 2. The maximum absolute atomic E-state index is 12.4. The summed E-state index contributed by atoms with van der Waals surface area (Å²) in [5.74, 6) is -0.0618. The average Bonchev–Trinajstić information content (AvgIpc) is 2.79. The van der Waals surface area contributed by atoms with Crippen LogP contribution in [0.4, 0.5) is 11.4 Å². The van der Waals surface area contributed by atoms with E-state index in [1.54, 1.807) is 49.7 Å². The fourth-order valence-electron chi connectivity index (χ4n) is 2.69. The second-order valence-electron chi connectivity index (χ2n) is 6.70. The van der Waals surface area contributed by atoms with E-state index in [1.165, 1.54) is 0 Å². The van der Waals surface area contributed by atoms with Gasteiger partial charge in [0.25, 0.3) is 11.8 Å². The Hall–Kier alpha value is -4.13. The lowest BCUT2D eigenvalue weighted by Gasteiger charge is -2.10. The molecule has 7 nitrogen and oxygen atoms in total. The van der Waals surface area contributed by atoms with Crippen LogP contribution < -0.4 is 15.4 Å². The third-order valence-electron chi connectivity index (χ3n) is 4.34. The number of para-hydroxylation sites is 2. The summed E-state index contributed by atoms with van der Waals surface area (Å²) in [4.78, 5) is 29.5. The molecule has 158 valence electrons. The lowest BCUT2D eigenvalue weighted by atomic mass is 10.2. The van der Waals surface area contributed by atoms with Gasteiger partial charge in [-0.05, 0) is 48.9 Å². The summed E-state index contributed by atoms with van der Waals surface area (Å²) in [7, 11) is 1.54. The Bertz CT molecular complexity index is 1060. The molecule has 0 aliphatic heterocycles.